The molecule has 3 aromatic rings. The fraction of sp³-hybridized carbons (Fsp3) is 0.467. The summed E-state index contributed by atoms with van der Waals surface area (Å²) in [6.45, 7) is 19.0. The number of hydrogen-bond donors (Lipinski definition) is 4. The molecular weight excluding hydrogens is 797 g/mol. The number of piperidine rings is 1. The van der Waals surface area contributed by atoms with Crippen molar-refractivity contribution in [3.63, 3.8) is 0 Å². The molecule has 1 aromatic heterocycles. The van der Waals surface area contributed by atoms with Crippen LogP contribution in [0, 0.1) is 12.8 Å². The largest absolute Gasteiger partial charge is 0.384 e. The molecular formula is C45H59FN9O5P. The first-order valence-electron chi connectivity index (χ1n) is 21.2. The Balaban J connectivity index is 0.945. The lowest BCUT2D eigenvalue weighted by Gasteiger charge is -2.30. The second-order valence-corrected chi connectivity index (χ2v) is 16.6. The van der Waals surface area contributed by atoms with Gasteiger partial charge >= 0.3 is 0 Å². The van der Waals surface area contributed by atoms with Crippen LogP contribution in [0.2, 0.25) is 0 Å². The fourth-order valence-electron chi connectivity index (χ4n) is 8.13. The molecule has 0 aliphatic carbocycles. The third kappa shape index (κ3) is 10.3. The lowest BCUT2D eigenvalue weighted by molar-refractivity contribution is -0.130. The number of allylic oxidation sites excluding steroid dienone is 4. The molecule has 2 fully saturated rings. The van der Waals surface area contributed by atoms with E-state index in [0.29, 0.717) is 85.2 Å². The number of benzene rings is 2. The molecule has 61 heavy (non-hydrogen) atoms. The van der Waals surface area contributed by atoms with Crippen molar-refractivity contribution in [1.29, 1.82) is 0 Å². The molecule has 0 spiro atoms. The summed E-state index contributed by atoms with van der Waals surface area (Å²) in [5, 5.41) is 14.3. The number of amides is 4. The number of carbonyl (C=O) groups excluding carboxylic acids is 4. The summed E-state index contributed by atoms with van der Waals surface area (Å²) >= 11 is 0. The minimum Gasteiger partial charge on any atom is -0.384 e. The van der Waals surface area contributed by atoms with E-state index in [2.05, 4.69) is 54.6 Å². The minimum atomic E-state index is -0.851. The van der Waals surface area contributed by atoms with Gasteiger partial charge in [0.1, 0.15) is 17.7 Å². The first kappa shape index (κ1) is 45.3. The predicted molar refractivity (Wildman–Crippen MR) is 243 cm³/mol. The average molecular weight is 856 g/mol. The average Bonchev–Trinajstić information content (AvgIpc) is 3.50. The Labute approximate surface area is 360 Å². The van der Waals surface area contributed by atoms with E-state index in [9.17, 15) is 19.2 Å². The molecule has 16 heteroatoms. The Morgan fingerprint density at radius 3 is 2.59 bits per heavy atom. The van der Waals surface area contributed by atoms with E-state index in [0.717, 1.165) is 78.0 Å². The van der Waals surface area contributed by atoms with Crippen molar-refractivity contribution in [3.8, 4) is 0 Å². The SMILES string of the molecule is C=C/C(F)=C(/c1c(C)cc2c(N3CCNCC3)nc(NCCC(=O)N(C)CCOCCCCCNc3cccc4c3C(=O)N(C3CCC(=C)NC3=O)C4=O)nc2c1P)C(C)C. The normalized spacial score (nSPS) is 17.1. The van der Waals surface area contributed by atoms with Crippen molar-refractivity contribution in [2.24, 2.45) is 5.92 Å². The van der Waals surface area contributed by atoms with Gasteiger partial charge in [-0.15, -0.1) is 9.24 Å². The van der Waals surface area contributed by atoms with Crippen molar-refractivity contribution >= 4 is 72.1 Å². The molecule has 4 amide bonds. The van der Waals surface area contributed by atoms with Gasteiger partial charge in [-0.2, -0.15) is 4.98 Å². The molecule has 3 aliphatic rings. The predicted octanol–water partition coefficient (Wildman–Crippen LogP) is 5.32. The third-order valence-corrected chi connectivity index (χ3v) is 11.9. The van der Waals surface area contributed by atoms with Gasteiger partial charge in [0.05, 0.1) is 23.3 Å². The first-order chi connectivity index (χ1) is 29.3. The Hall–Kier alpha value is -5.24. The Bertz CT molecular complexity index is 2220. The number of piperazine rings is 1. The number of likely N-dealkylation sites (N-methyl/N-ethyl adjacent to an activating group) is 1. The highest BCUT2D eigenvalue weighted by atomic mass is 31.0. The van der Waals surface area contributed by atoms with E-state index in [1.54, 1.807) is 30.1 Å². The number of aryl methyl sites for hydroxylation is 1. The van der Waals surface area contributed by atoms with E-state index in [-0.39, 0.29) is 30.0 Å². The third-order valence-electron chi connectivity index (χ3n) is 11.4. The summed E-state index contributed by atoms with van der Waals surface area (Å²) in [5.74, 6) is -0.552. The maximum Gasteiger partial charge on any atom is 0.264 e. The molecule has 0 radical (unpaired) electrons. The zero-order valence-corrected chi connectivity index (χ0v) is 36.9. The van der Waals surface area contributed by atoms with Crippen LogP contribution in [0.25, 0.3) is 16.5 Å². The van der Waals surface area contributed by atoms with Crippen LogP contribution < -0.4 is 31.5 Å². The number of aromatic nitrogens is 2. The zero-order valence-electron chi connectivity index (χ0n) is 35.8. The number of ether oxygens (including phenoxy) is 1. The zero-order chi connectivity index (χ0) is 43.8. The van der Waals surface area contributed by atoms with Gasteiger partial charge in [-0.1, -0.05) is 33.1 Å². The monoisotopic (exact) mass is 855 g/mol. The quantitative estimate of drug-likeness (QED) is 0.0535. The second kappa shape index (κ2) is 20.5. The number of fused-ring (bicyclic) bond motifs is 2. The maximum atomic E-state index is 15.2. The van der Waals surface area contributed by atoms with Crippen molar-refractivity contribution in [1.82, 2.24) is 30.4 Å². The van der Waals surface area contributed by atoms with Gasteiger partial charge in [-0.25, -0.2) is 9.37 Å². The van der Waals surface area contributed by atoms with Crippen LogP contribution in [0.5, 0.6) is 0 Å². The van der Waals surface area contributed by atoms with E-state index < -0.39 is 17.9 Å². The van der Waals surface area contributed by atoms with Gasteiger partial charge in [-0.3, -0.25) is 24.1 Å². The number of halogens is 1. The molecule has 2 unspecified atom stereocenters. The topological polar surface area (TPSA) is 161 Å². The van der Waals surface area contributed by atoms with Crippen LogP contribution in [0.4, 0.5) is 21.8 Å². The van der Waals surface area contributed by atoms with Gasteiger partial charge in [0.15, 0.2) is 0 Å². The Morgan fingerprint density at radius 2 is 1.87 bits per heavy atom. The summed E-state index contributed by atoms with van der Waals surface area (Å²) in [6, 6.07) is 6.34. The van der Waals surface area contributed by atoms with Crippen molar-refractivity contribution < 1.29 is 28.3 Å². The molecule has 4 N–H and O–H groups in total. The van der Waals surface area contributed by atoms with Crippen molar-refractivity contribution in [2.45, 2.75) is 65.3 Å². The van der Waals surface area contributed by atoms with Gasteiger partial charge in [-0.05, 0) is 85.9 Å². The molecule has 2 aromatic carbocycles. The van der Waals surface area contributed by atoms with E-state index in [4.69, 9.17) is 14.7 Å². The van der Waals surface area contributed by atoms with Crippen LogP contribution in [0.15, 0.2) is 55.0 Å². The number of hydrogen-bond acceptors (Lipinski definition) is 11. The van der Waals surface area contributed by atoms with Gasteiger partial charge in [0, 0.05) is 88.0 Å². The van der Waals surface area contributed by atoms with Crippen molar-refractivity contribution in [3.05, 3.63) is 77.3 Å². The number of anilines is 3. The van der Waals surface area contributed by atoms with Crippen LogP contribution >= 0.6 is 9.24 Å². The van der Waals surface area contributed by atoms with Crippen LogP contribution in [-0.4, -0.2) is 116 Å². The number of unbranched alkanes of at least 4 members (excludes halogenated alkanes) is 2. The number of carbonyl (C=O) groups is 4. The molecule has 326 valence electrons. The summed E-state index contributed by atoms with van der Waals surface area (Å²) < 4.78 is 21.0. The van der Waals surface area contributed by atoms with Crippen LogP contribution in [-0.2, 0) is 14.3 Å². The lowest BCUT2D eigenvalue weighted by atomic mass is 9.90. The molecule has 4 heterocycles. The molecule has 0 saturated carbocycles. The molecule has 0 bridgehead atoms. The van der Waals surface area contributed by atoms with Gasteiger partial charge in [0.2, 0.25) is 17.8 Å². The number of nitrogens with zero attached hydrogens (tertiary/aromatic N) is 5. The maximum absolute atomic E-state index is 15.2. The van der Waals surface area contributed by atoms with Gasteiger partial charge in [0.25, 0.3) is 11.8 Å². The summed E-state index contributed by atoms with van der Waals surface area (Å²) in [7, 11) is 4.55. The van der Waals surface area contributed by atoms with Crippen LogP contribution in [0.3, 0.4) is 0 Å². The van der Waals surface area contributed by atoms with E-state index in [1.807, 2.05) is 20.8 Å². The van der Waals surface area contributed by atoms with Crippen LogP contribution in [0.1, 0.15) is 84.2 Å². The summed E-state index contributed by atoms with van der Waals surface area (Å²) in [5.41, 5.74) is 4.80. The molecule has 14 nitrogen and oxygen atoms in total. The fourth-order valence-corrected chi connectivity index (χ4v) is 8.74. The summed E-state index contributed by atoms with van der Waals surface area (Å²) in [6.07, 6.45) is 4.87. The lowest BCUT2D eigenvalue weighted by Crippen LogP contribution is -2.51. The number of imide groups is 1. The number of nitrogens with one attached hydrogen (secondary N) is 4. The minimum absolute atomic E-state index is 0.0369. The molecule has 2 saturated heterocycles. The smallest absolute Gasteiger partial charge is 0.264 e. The number of rotatable bonds is 19. The standard InChI is InChI=1S/C45H59FN9O5P/c1-7-32(46)36(27(2)3)37-28(4)26-31-39(40(37)61)51-45(52-41(31)54-21-19-47-20-22-54)49-18-16-35(56)53(6)23-25-60-24-10-8-9-17-48-33-13-11-12-30-38(33)44(59)55(43(30)58)34-15-14-29(5)50-42(34)57/h7,11-13,26-27,34,47-48H,1,5,8-10,14-25,61H2,2-4,6H3,(H,50,57)(H,49,51,52)/b36-32-. The Morgan fingerprint density at radius 1 is 1.10 bits per heavy atom. The van der Waals surface area contributed by atoms with E-state index in [1.165, 1.54) is 6.08 Å². The first-order valence-corrected chi connectivity index (χ1v) is 21.8. The highest BCUT2D eigenvalue weighted by molar-refractivity contribution is 7.28. The van der Waals surface area contributed by atoms with Gasteiger partial charge < -0.3 is 35.8 Å². The highest BCUT2D eigenvalue weighted by Gasteiger charge is 2.45. The molecule has 6 rings (SSSR count). The Kier molecular flexibility index (Phi) is 15.3. The summed E-state index contributed by atoms with van der Waals surface area (Å²) in [4.78, 5) is 67.0. The second-order valence-electron chi connectivity index (χ2n) is 16.1. The molecule has 2 atom stereocenters. The van der Waals surface area contributed by atoms with Crippen molar-refractivity contribution in [2.75, 3.05) is 81.6 Å². The van der Waals surface area contributed by atoms with E-state index >= 15 is 4.39 Å². The highest BCUT2D eigenvalue weighted by Crippen LogP contribution is 2.36. The molecule has 3 aliphatic heterocycles.